The predicted molar refractivity (Wildman–Crippen MR) is 117 cm³/mol. The molecule has 2 aliphatic rings. The summed E-state index contributed by atoms with van der Waals surface area (Å²) in [6.07, 6.45) is 1.67. The van der Waals surface area contributed by atoms with E-state index in [0.29, 0.717) is 36.2 Å². The van der Waals surface area contributed by atoms with E-state index in [1.54, 1.807) is 24.3 Å². The number of hydrogen-bond acceptors (Lipinski definition) is 4. The van der Waals surface area contributed by atoms with Crippen molar-refractivity contribution in [1.29, 1.82) is 0 Å². The minimum atomic E-state index is -0.255. The van der Waals surface area contributed by atoms with Crippen LogP contribution in [-0.4, -0.2) is 17.4 Å². The van der Waals surface area contributed by atoms with Crippen LogP contribution in [0.5, 0.6) is 11.5 Å². The zero-order valence-electron chi connectivity index (χ0n) is 16.8. The molecular weight excluding hydrogens is 417 g/mol. The van der Waals surface area contributed by atoms with Crippen LogP contribution in [-0.2, 0) is 13.1 Å². The van der Waals surface area contributed by atoms with Crippen LogP contribution in [0.15, 0.2) is 60.4 Å². The van der Waals surface area contributed by atoms with Crippen LogP contribution >= 0.6 is 11.6 Å². The van der Waals surface area contributed by atoms with Crippen molar-refractivity contribution in [2.75, 3.05) is 6.73 Å². The normalized spacial score (nSPS) is 16.6. The first kappa shape index (κ1) is 19.8. The van der Waals surface area contributed by atoms with Gasteiger partial charge in [-0.2, -0.15) is 0 Å². The van der Waals surface area contributed by atoms with E-state index >= 15 is 0 Å². The fourth-order valence-corrected chi connectivity index (χ4v) is 4.17. The molecule has 2 heterocycles. The average Bonchev–Trinajstić information content (AvgIpc) is 3.07. The molecule has 156 valence electrons. The van der Waals surface area contributed by atoms with Crippen LogP contribution in [0.4, 0.5) is 4.39 Å². The topological polar surface area (TPSA) is 38.8 Å². The third-order valence-electron chi connectivity index (χ3n) is 5.51. The third kappa shape index (κ3) is 3.71. The Balaban J connectivity index is 1.43. The first-order valence-electron chi connectivity index (χ1n) is 9.94. The highest BCUT2D eigenvalue weighted by Crippen LogP contribution is 2.43. The smallest absolute Gasteiger partial charge is 0.231 e. The molecule has 2 aliphatic heterocycles. The lowest BCUT2D eigenvalue weighted by atomic mass is 10.00. The SMILES string of the molecule is Cc1c2c(cc3c1O/C(=C\c1ccccc1Cl)C3=O)CN(Cc1ccc(F)cc1)CO2. The van der Waals surface area contributed by atoms with Gasteiger partial charge in [-0.3, -0.25) is 9.69 Å². The second kappa shape index (κ2) is 7.84. The summed E-state index contributed by atoms with van der Waals surface area (Å²) in [7, 11) is 0. The molecule has 31 heavy (non-hydrogen) atoms. The van der Waals surface area contributed by atoms with Crippen molar-refractivity contribution in [1.82, 2.24) is 4.90 Å². The van der Waals surface area contributed by atoms with E-state index < -0.39 is 0 Å². The molecule has 0 saturated carbocycles. The first-order valence-corrected chi connectivity index (χ1v) is 10.3. The van der Waals surface area contributed by atoms with Crippen molar-refractivity contribution >= 4 is 23.5 Å². The van der Waals surface area contributed by atoms with Gasteiger partial charge in [0.2, 0.25) is 5.78 Å². The van der Waals surface area contributed by atoms with E-state index in [-0.39, 0.29) is 17.4 Å². The fraction of sp³-hybridized carbons (Fsp3) is 0.160. The average molecular weight is 436 g/mol. The van der Waals surface area contributed by atoms with Gasteiger partial charge in [0.15, 0.2) is 5.76 Å². The van der Waals surface area contributed by atoms with Crippen LogP contribution in [0.3, 0.4) is 0 Å². The molecule has 3 aromatic rings. The van der Waals surface area contributed by atoms with E-state index in [1.807, 2.05) is 31.2 Å². The lowest BCUT2D eigenvalue weighted by molar-refractivity contribution is 0.0876. The maximum atomic E-state index is 13.2. The molecule has 0 N–H and O–H groups in total. The molecule has 0 spiro atoms. The summed E-state index contributed by atoms with van der Waals surface area (Å²) in [5.74, 6) is 1.11. The number of fused-ring (bicyclic) bond motifs is 2. The number of hydrogen-bond donors (Lipinski definition) is 0. The number of rotatable bonds is 3. The molecule has 0 unspecified atom stereocenters. The minimum Gasteiger partial charge on any atom is -0.477 e. The second-order valence-electron chi connectivity index (χ2n) is 7.71. The molecule has 0 aliphatic carbocycles. The van der Waals surface area contributed by atoms with Crippen molar-refractivity contribution in [3.63, 3.8) is 0 Å². The number of carbonyl (C=O) groups excluding carboxylic acids is 1. The van der Waals surface area contributed by atoms with Crippen molar-refractivity contribution in [2.45, 2.75) is 20.0 Å². The Morgan fingerprint density at radius 3 is 2.68 bits per heavy atom. The fourth-order valence-electron chi connectivity index (χ4n) is 3.98. The molecule has 0 saturated heterocycles. The maximum absolute atomic E-state index is 13.2. The zero-order chi connectivity index (χ0) is 21.5. The molecule has 4 nitrogen and oxygen atoms in total. The van der Waals surface area contributed by atoms with E-state index in [1.165, 1.54) is 12.1 Å². The Hall–Kier alpha value is -3.15. The molecule has 0 aromatic heterocycles. The summed E-state index contributed by atoms with van der Waals surface area (Å²) in [6, 6.07) is 15.6. The van der Waals surface area contributed by atoms with Gasteiger partial charge in [-0.1, -0.05) is 41.9 Å². The summed E-state index contributed by atoms with van der Waals surface area (Å²) in [5.41, 5.74) is 3.99. The molecule has 0 atom stereocenters. The van der Waals surface area contributed by atoms with Crippen molar-refractivity contribution in [3.05, 3.63) is 99.0 Å². The number of ketones is 1. The Morgan fingerprint density at radius 1 is 1.13 bits per heavy atom. The summed E-state index contributed by atoms with van der Waals surface area (Å²) in [6.45, 7) is 3.55. The minimum absolute atomic E-state index is 0.170. The summed E-state index contributed by atoms with van der Waals surface area (Å²) < 4.78 is 25.1. The summed E-state index contributed by atoms with van der Waals surface area (Å²) >= 11 is 6.23. The third-order valence-corrected chi connectivity index (χ3v) is 5.86. The quantitative estimate of drug-likeness (QED) is 0.490. The lowest BCUT2D eigenvalue weighted by Gasteiger charge is -2.30. The standard InChI is InChI=1S/C25H19ClFNO3/c1-15-24-18(13-28(14-30-24)12-16-6-8-19(27)9-7-16)10-20-23(29)22(31-25(15)20)11-17-4-2-3-5-21(17)26/h2-11H,12-14H2,1H3/b22-11-. The van der Waals surface area contributed by atoms with Gasteiger partial charge in [0.05, 0.1) is 5.56 Å². The maximum Gasteiger partial charge on any atom is 0.231 e. The Morgan fingerprint density at radius 2 is 1.90 bits per heavy atom. The van der Waals surface area contributed by atoms with Crippen LogP contribution in [0.25, 0.3) is 6.08 Å². The number of benzene rings is 3. The van der Waals surface area contributed by atoms with Gasteiger partial charge in [-0.15, -0.1) is 0 Å². The first-order chi connectivity index (χ1) is 15.0. The van der Waals surface area contributed by atoms with E-state index in [2.05, 4.69) is 4.90 Å². The van der Waals surface area contributed by atoms with Gasteiger partial charge in [0.25, 0.3) is 0 Å². The molecular formula is C25H19ClFNO3. The highest BCUT2D eigenvalue weighted by Gasteiger charge is 2.33. The van der Waals surface area contributed by atoms with E-state index in [9.17, 15) is 9.18 Å². The largest absolute Gasteiger partial charge is 0.477 e. The number of nitrogens with zero attached hydrogens (tertiary/aromatic N) is 1. The Labute approximate surface area is 184 Å². The van der Waals surface area contributed by atoms with Crippen LogP contribution in [0, 0.1) is 12.7 Å². The molecule has 0 fully saturated rings. The number of ether oxygens (including phenoxy) is 2. The van der Waals surface area contributed by atoms with Gasteiger partial charge in [-0.25, -0.2) is 4.39 Å². The lowest BCUT2D eigenvalue weighted by Crippen LogP contribution is -2.32. The number of halogens is 2. The molecule has 6 heteroatoms. The van der Waals surface area contributed by atoms with Crippen molar-refractivity contribution < 1.29 is 18.7 Å². The van der Waals surface area contributed by atoms with E-state index in [4.69, 9.17) is 21.1 Å². The Kier molecular flexibility index (Phi) is 5.00. The van der Waals surface area contributed by atoms with Crippen LogP contribution < -0.4 is 9.47 Å². The van der Waals surface area contributed by atoms with Gasteiger partial charge in [-0.05, 0) is 48.4 Å². The second-order valence-corrected chi connectivity index (χ2v) is 8.12. The van der Waals surface area contributed by atoms with Crippen molar-refractivity contribution in [2.24, 2.45) is 0 Å². The van der Waals surface area contributed by atoms with Crippen molar-refractivity contribution in [3.8, 4) is 11.5 Å². The van der Waals surface area contributed by atoms with Gasteiger partial charge < -0.3 is 9.47 Å². The number of allylic oxidation sites excluding steroid dienone is 1. The molecule has 3 aromatic carbocycles. The monoisotopic (exact) mass is 435 g/mol. The van der Waals surface area contributed by atoms with Gasteiger partial charge >= 0.3 is 0 Å². The van der Waals surface area contributed by atoms with Crippen LogP contribution in [0.2, 0.25) is 5.02 Å². The predicted octanol–water partition coefficient (Wildman–Crippen LogP) is 5.76. The van der Waals surface area contributed by atoms with Gasteiger partial charge in [0.1, 0.15) is 24.0 Å². The zero-order valence-corrected chi connectivity index (χ0v) is 17.6. The Bertz CT molecular complexity index is 1220. The van der Waals surface area contributed by atoms with Gasteiger partial charge in [0, 0.05) is 29.2 Å². The summed E-state index contributed by atoms with van der Waals surface area (Å²) in [5, 5.41) is 0.554. The summed E-state index contributed by atoms with van der Waals surface area (Å²) in [4.78, 5) is 15.1. The molecule has 0 radical (unpaired) electrons. The highest BCUT2D eigenvalue weighted by molar-refractivity contribution is 6.32. The molecule has 5 rings (SSSR count). The molecule has 0 amide bonds. The van der Waals surface area contributed by atoms with E-state index in [0.717, 1.165) is 28.0 Å². The van der Waals surface area contributed by atoms with Crippen LogP contribution in [0.1, 0.15) is 32.6 Å². The molecule has 0 bridgehead atoms. The number of carbonyl (C=O) groups is 1. The number of Topliss-reactive ketones (excluding diaryl/α,β-unsaturated/α-hetero) is 1. The highest BCUT2D eigenvalue weighted by atomic mass is 35.5.